The highest BCUT2D eigenvalue weighted by molar-refractivity contribution is 5.96. The number of halogens is 2. The largest absolute Gasteiger partial charge is 0.491 e. The van der Waals surface area contributed by atoms with Crippen LogP contribution in [-0.2, 0) is 9.53 Å². The van der Waals surface area contributed by atoms with Gasteiger partial charge in [0.05, 0.1) is 24.7 Å². The van der Waals surface area contributed by atoms with Crippen molar-refractivity contribution in [3.8, 4) is 5.75 Å². The van der Waals surface area contributed by atoms with Crippen LogP contribution in [0.3, 0.4) is 0 Å². The highest BCUT2D eigenvalue weighted by Crippen LogP contribution is 2.26. The summed E-state index contributed by atoms with van der Waals surface area (Å²) in [5.74, 6) is -4.10. The molecule has 1 aliphatic rings. The molecule has 22 heavy (non-hydrogen) atoms. The van der Waals surface area contributed by atoms with Crippen molar-refractivity contribution in [2.24, 2.45) is 5.92 Å². The molecule has 1 fully saturated rings. The summed E-state index contributed by atoms with van der Waals surface area (Å²) in [7, 11) is 0. The molecule has 1 saturated heterocycles. The monoisotopic (exact) mass is 313 g/mol. The number of nitrogens with zero attached hydrogens (tertiary/aromatic N) is 1. The van der Waals surface area contributed by atoms with E-state index >= 15 is 0 Å². The van der Waals surface area contributed by atoms with E-state index in [1.165, 1.54) is 17.0 Å². The van der Waals surface area contributed by atoms with Crippen molar-refractivity contribution < 1.29 is 27.8 Å². The van der Waals surface area contributed by atoms with Gasteiger partial charge in [-0.05, 0) is 26.0 Å². The number of esters is 1. The van der Waals surface area contributed by atoms with Crippen LogP contribution in [0, 0.1) is 17.6 Å². The molecule has 0 aliphatic carbocycles. The lowest BCUT2D eigenvalue weighted by Crippen LogP contribution is -2.53. The second-order valence-electron chi connectivity index (χ2n) is 4.83. The van der Waals surface area contributed by atoms with Crippen LogP contribution >= 0.6 is 0 Å². The molecule has 1 aromatic rings. The van der Waals surface area contributed by atoms with Crippen LogP contribution in [0.4, 0.5) is 8.78 Å². The average molecular weight is 313 g/mol. The van der Waals surface area contributed by atoms with Crippen LogP contribution in [0.5, 0.6) is 5.75 Å². The molecule has 0 spiro atoms. The molecule has 5 nitrogen and oxygen atoms in total. The van der Waals surface area contributed by atoms with Gasteiger partial charge in [0.2, 0.25) is 5.82 Å². The number of hydrogen-bond donors (Lipinski definition) is 0. The van der Waals surface area contributed by atoms with Gasteiger partial charge in [0.15, 0.2) is 11.6 Å². The first-order valence-corrected chi connectivity index (χ1v) is 7.06. The molecule has 1 heterocycles. The number of ether oxygens (including phenoxy) is 2. The Bertz CT molecular complexity index is 585. The fraction of sp³-hybridized carbons (Fsp3) is 0.467. The highest BCUT2D eigenvalue weighted by Gasteiger charge is 2.38. The molecule has 0 N–H and O–H groups in total. The van der Waals surface area contributed by atoms with Crippen molar-refractivity contribution in [1.29, 1.82) is 0 Å². The van der Waals surface area contributed by atoms with Crippen LogP contribution in [0.25, 0.3) is 0 Å². The molecular weight excluding hydrogens is 296 g/mol. The first kappa shape index (κ1) is 16.2. The SMILES string of the molecule is CCOC(=O)C1CN(C(=O)c2ccc(OCC)c(F)c2F)C1. The van der Waals surface area contributed by atoms with E-state index in [0.717, 1.165) is 0 Å². The zero-order valence-electron chi connectivity index (χ0n) is 12.4. The lowest BCUT2D eigenvalue weighted by atomic mass is 9.99. The van der Waals surface area contributed by atoms with E-state index in [1.54, 1.807) is 13.8 Å². The Labute approximate surface area is 126 Å². The predicted octanol–water partition coefficient (Wildman–Crippen LogP) is 2.00. The van der Waals surface area contributed by atoms with Crippen molar-refractivity contribution in [3.05, 3.63) is 29.3 Å². The Morgan fingerprint density at radius 1 is 1.18 bits per heavy atom. The molecule has 7 heteroatoms. The van der Waals surface area contributed by atoms with Crippen molar-refractivity contribution in [2.45, 2.75) is 13.8 Å². The molecule has 0 saturated carbocycles. The zero-order chi connectivity index (χ0) is 16.3. The highest BCUT2D eigenvalue weighted by atomic mass is 19.2. The number of rotatable bonds is 5. The van der Waals surface area contributed by atoms with Crippen LogP contribution in [-0.4, -0.2) is 43.1 Å². The second kappa shape index (κ2) is 6.72. The normalized spacial score (nSPS) is 14.5. The minimum atomic E-state index is -1.24. The van der Waals surface area contributed by atoms with Crippen molar-refractivity contribution in [3.63, 3.8) is 0 Å². The van der Waals surface area contributed by atoms with Gasteiger partial charge in [-0.2, -0.15) is 4.39 Å². The van der Waals surface area contributed by atoms with E-state index in [-0.39, 0.29) is 43.6 Å². The number of carbonyl (C=O) groups is 2. The van der Waals surface area contributed by atoms with Gasteiger partial charge in [-0.25, -0.2) is 4.39 Å². The Hall–Kier alpha value is -2.18. The molecule has 0 aromatic heterocycles. The van der Waals surface area contributed by atoms with E-state index in [0.29, 0.717) is 0 Å². The molecule has 120 valence electrons. The number of carbonyl (C=O) groups excluding carboxylic acids is 2. The lowest BCUT2D eigenvalue weighted by Gasteiger charge is -2.37. The molecule has 1 aromatic carbocycles. The maximum absolute atomic E-state index is 13.9. The topological polar surface area (TPSA) is 55.8 Å². The maximum atomic E-state index is 13.9. The number of amides is 1. The van der Waals surface area contributed by atoms with Gasteiger partial charge in [-0.3, -0.25) is 9.59 Å². The fourth-order valence-corrected chi connectivity index (χ4v) is 2.19. The molecule has 1 amide bonds. The minimum Gasteiger partial charge on any atom is -0.491 e. The van der Waals surface area contributed by atoms with Crippen molar-refractivity contribution in [2.75, 3.05) is 26.3 Å². The quantitative estimate of drug-likeness (QED) is 0.780. The van der Waals surface area contributed by atoms with Gasteiger partial charge in [-0.15, -0.1) is 0 Å². The van der Waals surface area contributed by atoms with Crippen molar-refractivity contribution in [1.82, 2.24) is 4.90 Å². The summed E-state index contributed by atoms with van der Waals surface area (Å²) in [5.41, 5.74) is -0.372. The lowest BCUT2D eigenvalue weighted by molar-refractivity contribution is -0.152. The Morgan fingerprint density at radius 2 is 1.86 bits per heavy atom. The van der Waals surface area contributed by atoms with E-state index in [1.807, 2.05) is 0 Å². The van der Waals surface area contributed by atoms with E-state index in [9.17, 15) is 18.4 Å². The van der Waals surface area contributed by atoms with Gasteiger partial charge in [0, 0.05) is 13.1 Å². The van der Waals surface area contributed by atoms with Crippen LogP contribution in [0.1, 0.15) is 24.2 Å². The molecule has 0 unspecified atom stereocenters. The van der Waals surface area contributed by atoms with Crippen LogP contribution < -0.4 is 4.74 Å². The summed E-state index contributed by atoms with van der Waals surface area (Å²) < 4.78 is 37.5. The summed E-state index contributed by atoms with van der Waals surface area (Å²) in [5, 5.41) is 0. The van der Waals surface area contributed by atoms with Crippen LogP contribution in [0.15, 0.2) is 12.1 Å². The Balaban J connectivity index is 2.06. The third-order valence-corrected chi connectivity index (χ3v) is 3.37. The smallest absolute Gasteiger partial charge is 0.312 e. The zero-order valence-corrected chi connectivity index (χ0v) is 12.4. The standard InChI is InChI=1S/C15H17F2NO4/c1-3-21-11-6-5-10(12(16)13(11)17)14(19)18-7-9(8-18)15(20)22-4-2/h5-6,9H,3-4,7-8H2,1-2H3. The number of hydrogen-bond acceptors (Lipinski definition) is 4. The number of benzene rings is 1. The fourth-order valence-electron chi connectivity index (χ4n) is 2.19. The van der Waals surface area contributed by atoms with E-state index in [4.69, 9.17) is 9.47 Å². The summed E-state index contributed by atoms with van der Waals surface area (Å²) >= 11 is 0. The van der Waals surface area contributed by atoms with E-state index < -0.39 is 23.5 Å². The van der Waals surface area contributed by atoms with Gasteiger partial charge >= 0.3 is 5.97 Å². The Morgan fingerprint density at radius 3 is 2.45 bits per heavy atom. The second-order valence-corrected chi connectivity index (χ2v) is 4.83. The summed E-state index contributed by atoms with van der Waals surface area (Å²) in [6.07, 6.45) is 0. The minimum absolute atomic E-state index is 0.145. The van der Waals surface area contributed by atoms with Gasteiger partial charge in [-0.1, -0.05) is 0 Å². The third kappa shape index (κ3) is 3.03. The van der Waals surface area contributed by atoms with Crippen LogP contribution in [0.2, 0.25) is 0 Å². The summed E-state index contributed by atoms with van der Waals surface area (Å²) in [4.78, 5) is 24.9. The third-order valence-electron chi connectivity index (χ3n) is 3.37. The van der Waals surface area contributed by atoms with Crippen molar-refractivity contribution >= 4 is 11.9 Å². The summed E-state index contributed by atoms with van der Waals surface area (Å²) in [6, 6.07) is 2.40. The van der Waals surface area contributed by atoms with Gasteiger partial charge in [0.25, 0.3) is 5.91 Å². The molecule has 0 atom stereocenters. The predicted molar refractivity (Wildman–Crippen MR) is 73.6 cm³/mol. The number of likely N-dealkylation sites (tertiary alicyclic amines) is 1. The first-order valence-electron chi connectivity index (χ1n) is 7.06. The molecule has 0 radical (unpaired) electrons. The first-order chi connectivity index (χ1) is 10.5. The van der Waals surface area contributed by atoms with Gasteiger partial charge < -0.3 is 14.4 Å². The van der Waals surface area contributed by atoms with Gasteiger partial charge in [0.1, 0.15) is 0 Å². The van der Waals surface area contributed by atoms with E-state index in [2.05, 4.69) is 0 Å². The molecular formula is C15H17F2NO4. The maximum Gasteiger partial charge on any atom is 0.312 e. The molecule has 0 bridgehead atoms. The molecule has 1 aliphatic heterocycles. The Kier molecular flexibility index (Phi) is 4.95. The average Bonchev–Trinajstić information content (AvgIpc) is 2.43. The molecule has 2 rings (SSSR count). The summed E-state index contributed by atoms with van der Waals surface area (Å²) in [6.45, 7) is 4.08.